The van der Waals surface area contributed by atoms with Crippen LogP contribution in [0.15, 0.2) is 36.4 Å². The minimum absolute atomic E-state index is 0.353. The number of nitrogens with zero attached hydrogens (tertiary/aromatic N) is 2. The third-order valence-electron chi connectivity index (χ3n) is 3.34. The zero-order valence-electron chi connectivity index (χ0n) is 12.2. The van der Waals surface area contributed by atoms with Gasteiger partial charge in [-0.3, -0.25) is 0 Å². The summed E-state index contributed by atoms with van der Waals surface area (Å²) in [6.45, 7) is 6.08. The zero-order chi connectivity index (χ0) is 14.6. The van der Waals surface area contributed by atoms with E-state index in [0.29, 0.717) is 5.88 Å². The van der Waals surface area contributed by atoms with Gasteiger partial charge in [-0.2, -0.15) is 0 Å². The second kappa shape index (κ2) is 6.23. The summed E-state index contributed by atoms with van der Waals surface area (Å²) in [4.78, 5) is 8.86. The van der Waals surface area contributed by atoms with Crippen LogP contribution >= 0.6 is 11.6 Å². The molecule has 4 heteroatoms. The van der Waals surface area contributed by atoms with Crippen molar-refractivity contribution in [2.75, 3.05) is 11.2 Å². The molecule has 2 rings (SSSR count). The number of alkyl halides is 1. The molecule has 0 radical (unpaired) electrons. The number of hydrogen-bond donors (Lipinski definition) is 1. The predicted molar refractivity (Wildman–Crippen MR) is 84.3 cm³/mol. The number of nitrogens with one attached hydrogen (secondary N) is 1. The van der Waals surface area contributed by atoms with Crippen LogP contribution in [-0.2, 0) is 12.0 Å². The van der Waals surface area contributed by atoms with Gasteiger partial charge in [0.05, 0.1) is 5.54 Å². The van der Waals surface area contributed by atoms with Crippen molar-refractivity contribution >= 4 is 17.4 Å². The molecule has 1 aromatic carbocycles. The van der Waals surface area contributed by atoms with Gasteiger partial charge in [0.15, 0.2) is 0 Å². The van der Waals surface area contributed by atoms with Crippen LogP contribution in [0.3, 0.4) is 0 Å². The zero-order valence-corrected chi connectivity index (χ0v) is 12.9. The van der Waals surface area contributed by atoms with E-state index >= 15 is 0 Å². The molecule has 1 aromatic heterocycles. The molecule has 1 atom stereocenters. The SMILES string of the molecule is CCc1cc(NC(C)(CCl)c2ccccc2)nc(C)n1. The Bertz CT molecular complexity index is 571. The topological polar surface area (TPSA) is 37.8 Å². The first-order valence-electron chi connectivity index (χ1n) is 6.81. The van der Waals surface area contributed by atoms with Crippen LogP contribution in [0.1, 0.15) is 30.9 Å². The minimum Gasteiger partial charge on any atom is -0.360 e. The fourth-order valence-electron chi connectivity index (χ4n) is 2.15. The maximum Gasteiger partial charge on any atom is 0.130 e. The van der Waals surface area contributed by atoms with E-state index in [9.17, 15) is 0 Å². The van der Waals surface area contributed by atoms with Crippen molar-refractivity contribution in [3.05, 3.63) is 53.5 Å². The van der Waals surface area contributed by atoms with Gasteiger partial charge in [0.25, 0.3) is 0 Å². The van der Waals surface area contributed by atoms with Crippen LogP contribution in [0.4, 0.5) is 5.82 Å². The molecule has 0 aliphatic rings. The minimum atomic E-state index is -0.353. The molecule has 0 saturated heterocycles. The highest BCUT2D eigenvalue weighted by molar-refractivity contribution is 6.18. The number of rotatable bonds is 5. The first-order chi connectivity index (χ1) is 9.57. The smallest absolute Gasteiger partial charge is 0.130 e. The molecule has 3 nitrogen and oxygen atoms in total. The van der Waals surface area contributed by atoms with Crippen molar-refractivity contribution in [3.63, 3.8) is 0 Å². The maximum absolute atomic E-state index is 6.20. The summed E-state index contributed by atoms with van der Waals surface area (Å²) in [5.74, 6) is 2.06. The summed E-state index contributed by atoms with van der Waals surface area (Å²) in [6, 6.07) is 12.2. The number of anilines is 1. The van der Waals surface area contributed by atoms with Gasteiger partial charge >= 0.3 is 0 Å². The summed E-state index contributed by atoms with van der Waals surface area (Å²) in [7, 11) is 0. The summed E-state index contributed by atoms with van der Waals surface area (Å²) >= 11 is 6.20. The Morgan fingerprint density at radius 2 is 1.90 bits per heavy atom. The van der Waals surface area contributed by atoms with Crippen molar-refractivity contribution in [3.8, 4) is 0 Å². The molecule has 1 N–H and O–H groups in total. The Kier molecular flexibility index (Phi) is 4.61. The van der Waals surface area contributed by atoms with Gasteiger partial charge in [-0.05, 0) is 25.8 Å². The number of aromatic nitrogens is 2. The molecule has 20 heavy (non-hydrogen) atoms. The highest BCUT2D eigenvalue weighted by Gasteiger charge is 2.25. The first-order valence-corrected chi connectivity index (χ1v) is 7.35. The predicted octanol–water partition coefficient (Wildman–Crippen LogP) is 3.91. The fraction of sp³-hybridized carbons (Fsp3) is 0.375. The van der Waals surface area contributed by atoms with Gasteiger partial charge in [0, 0.05) is 17.6 Å². The van der Waals surface area contributed by atoms with E-state index in [-0.39, 0.29) is 5.54 Å². The van der Waals surface area contributed by atoms with Crippen molar-refractivity contribution in [2.24, 2.45) is 0 Å². The molecule has 0 spiro atoms. The average molecular weight is 290 g/mol. The van der Waals surface area contributed by atoms with E-state index in [4.69, 9.17) is 11.6 Å². The van der Waals surface area contributed by atoms with Gasteiger partial charge in [-0.15, -0.1) is 11.6 Å². The number of hydrogen-bond acceptors (Lipinski definition) is 3. The second-order valence-electron chi connectivity index (χ2n) is 5.10. The van der Waals surface area contributed by atoms with E-state index < -0.39 is 0 Å². The molecule has 1 heterocycles. The Balaban J connectivity index is 2.33. The molecule has 0 bridgehead atoms. The van der Waals surface area contributed by atoms with Gasteiger partial charge in [-0.25, -0.2) is 9.97 Å². The lowest BCUT2D eigenvalue weighted by Crippen LogP contribution is -2.34. The van der Waals surface area contributed by atoms with E-state index in [1.54, 1.807) is 0 Å². The molecule has 0 aliphatic heterocycles. The van der Waals surface area contributed by atoms with Crippen LogP contribution in [0.25, 0.3) is 0 Å². The van der Waals surface area contributed by atoms with Crippen LogP contribution in [-0.4, -0.2) is 15.8 Å². The largest absolute Gasteiger partial charge is 0.360 e. The molecule has 0 amide bonds. The molecular weight excluding hydrogens is 270 g/mol. The maximum atomic E-state index is 6.20. The molecule has 1 unspecified atom stereocenters. The van der Waals surface area contributed by atoms with E-state index in [1.165, 1.54) is 0 Å². The van der Waals surface area contributed by atoms with Crippen LogP contribution in [0, 0.1) is 6.92 Å². The standard InChI is InChI=1S/C16H20ClN3/c1-4-14-10-15(19-12(2)18-14)20-16(3,11-17)13-8-6-5-7-9-13/h5-10H,4,11H2,1-3H3,(H,18,19,20). The van der Waals surface area contributed by atoms with Crippen LogP contribution < -0.4 is 5.32 Å². The molecule has 106 valence electrons. The van der Waals surface area contributed by atoms with Crippen molar-refractivity contribution in [1.82, 2.24) is 9.97 Å². The highest BCUT2D eigenvalue weighted by Crippen LogP contribution is 2.27. The van der Waals surface area contributed by atoms with Crippen LogP contribution in [0.5, 0.6) is 0 Å². The third kappa shape index (κ3) is 3.28. The van der Waals surface area contributed by atoms with Gasteiger partial charge < -0.3 is 5.32 Å². The Morgan fingerprint density at radius 3 is 2.50 bits per heavy atom. The molecule has 0 saturated carbocycles. The monoisotopic (exact) mass is 289 g/mol. The van der Waals surface area contributed by atoms with Gasteiger partial charge in [0.2, 0.25) is 0 Å². The van der Waals surface area contributed by atoms with E-state index in [2.05, 4.69) is 41.3 Å². The lowest BCUT2D eigenvalue weighted by molar-refractivity contribution is 0.612. The molecular formula is C16H20ClN3. The summed E-state index contributed by atoms with van der Waals surface area (Å²) in [5.41, 5.74) is 1.82. The summed E-state index contributed by atoms with van der Waals surface area (Å²) < 4.78 is 0. The van der Waals surface area contributed by atoms with Gasteiger partial charge in [-0.1, -0.05) is 37.3 Å². The quantitative estimate of drug-likeness (QED) is 0.848. The molecule has 2 aromatic rings. The van der Waals surface area contributed by atoms with Crippen molar-refractivity contribution in [2.45, 2.75) is 32.7 Å². The lowest BCUT2D eigenvalue weighted by Gasteiger charge is -2.30. The number of aryl methyl sites for hydroxylation is 2. The van der Waals surface area contributed by atoms with Gasteiger partial charge in [0.1, 0.15) is 11.6 Å². The average Bonchev–Trinajstić information content (AvgIpc) is 2.47. The Labute approximate surface area is 125 Å². The third-order valence-corrected chi connectivity index (χ3v) is 3.87. The normalized spacial score (nSPS) is 13.8. The number of halogens is 1. The number of benzene rings is 1. The summed E-state index contributed by atoms with van der Waals surface area (Å²) in [5, 5.41) is 3.45. The second-order valence-corrected chi connectivity index (χ2v) is 5.37. The first kappa shape index (κ1) is 14.8. The molecule has 0 aliphatic carbocycles. The van der Waals surface area contributed by atoms with E-state index in [1.807, 2.05) is 31.2 Å². The highest BCUT2D eigenvalue weighted by atomic mass is 35.5. The van der Waals surface area contributed by atoms with Crippen LogP contribution in [0.2, 0.25) is 0 Å². The lowest BCUT2D eigenvalue weighted by atomic mass is 9.94. The molecule has 0 fully saturated rings. The Morgan fingerprint density at radius 1 is 1.20 bits per heavy atom. The van der Waals surface area contributed by atoms with Crippen molar-refractivity contribution in [1.29, 1.82) is 0 Å². The Hall–Kier alpha value is -1.61. The van der Waals surface area contributed by atoms with Crippen molar-refractivity contribution < 1.29 is 0 Å². The van der Waals surface area contributed by atoms with E-state index in [0.717, 1.165) is 29.3 Å². The summed E-state index contributed by atoms with van der Waals surface area (Å²) in [6.07, 6.45) is 0.890. The fourth-order valence-corrected chi connectivity index (χ4v) is 2.37.